The van der Waals surface area contributed by atoms with E-state index in [1.54, 1.807) is 24.4 Å². The number of primary amides is 1. The first-order valence-electron chi connectivity index (χ1n) is 5.42. The quantitative estimate of drug-likeness (QED) is 0.891. The molecule has 2 aromatic rings. The Kier molecular flexibility index (Phi) is 3.96. The first-order valence-corrected chi connectivity index (χ1v) is 6.21. The van der Waals surface area contributed by atoms with Gasteiger partial charge in [0, 0.05) is 16.2 Å². The molecule has 6 nitrogen and oxygen atoms in total. The van der Waals surface area contributed by atoms with Gasteiger partial charge in [0.05, 0.1) is 11.9 Å². The third-order valence-electron chi connectivity index (χ3n) is 2.30. The smallest absolute Gasteiger partial charge is 0.255 e. The maximum absolute atomic E-state index is 11.9. The molecule has 0 aliphatic heterocycles. The minimum absolute atomic E-state index is 0.0211. The number of aromatic nitrogens is 2. The summed E-state index contributed by atoms with van der Waals surface area (Å²) < 4.78 is 2.18. The van der Waals surface area contributed by atoms with E-state index in [4.69, 9.17) is 5.73 Å². The Hall–Kier alpha value is -2.15. The molecule has 0 fully saturated rings. The van der Waals surface area contributed by atoms with E-state index in [1.807, 2.05) is 6.07 Å². The molecule has 0 radical (unpaired) electrons. The molecule has 0 aliphatic rings. The second-order valence-corrected chi connectivity index (χ2v) is 4.77. The molecule has 7 heteroatoms. The van der Waals surface area contributed by atoms with Crippen molar-refractivity contribution in [2.75, 3.05) is 5.32 Å². The average molecular weight is 323 g/mol. The van der Waals surface area contributed by atoms with Crippen molar-refractivity contribution in [1.82, 2.24) is 9.78 Å². The number of rotatable bonds is 4. The average Bonchev–Trinajstić information content (AvgIpc) is 2.75. The van der Waals surface area contributed by atoms with Gasteiger partial charge in [-0.3, -0.25) is 14.3 Å². The molecular weight excluding hydrogens is 312 g/mol. The third-order valence-corrected chi connectivity index (χ3v) is 2.79. The Labute approximate surface area is 117 Å². The minimum Gasteiger partial charge on any atom is -0.368 e. The van der Waals surface area contributed by atoms with E-state index in [0.29, 0.717) is 11.3 Å². The maximum Gasteiger partial charge on any atom is 0.255 e. The van der Waals surface area contributed by atoms with Crippen LogP contribution < -0.4 is 11.1 Å². The molecule has 0 atom stereocenters. The highest BCUT2D eigenvalue weighted by Gasteiger charge is 2.08. The molecule has 0 spiro atoms. The topological polar surface area (TPSA) is 90.0 Å². The number of halogens is 1. The molecule has 0 unspecified atom stereocenters. The highest BCUT2D eigenvalue weighted by molar-refractivity contribution is 9.10. The molecule has 0 saturated heterocycles. The van der Waals surface area contributed by atoms with Crippen LogP contribution in [0.5, 0.6) is 0 Å². The molecule has 0 bridgehead atoms. The van der Waals surface area contributed by atoms with E-state index in [2.05, 4.69) is 26.3 Å². The molecule has 19 heavy (non-hydrogen) atoms. The van der Waals surface area contributed by atoms with Crippen LogP contribution in [0.15, 0.2) is 41.1 Å². The zero-order valence-corrected chi connectivity index (χ0v) is 11.4. The van der Waals surface area contributed by atoms with Gasteiger partial charge in [0.25, 0.3) is 5.91 Å². The molecule has 1 heterocycles. The van der Waals surface area contributed by atoms with Crippen molar-refractivity contribution >= 4 is 33.4 Å². The van der Waals surface area contributed by atoms with Crippen LogP contribution >= 0.6 is 15.9 Å². The van der Waals surface area contributed by atoms with Crippen LogP contribution in [0.25, 0.3) is 0 Å². The summed E-state index contributed by atoms with van der Waals surface area (Å²) in [5, 5.41) is 6.60. The van der Waals surface area contributed by atoms with Gasteiger partial charge in [0.2, 0.25) is 5.91 Å². The number of benzene rings is 1. The summed E-state index contributed by atoms with van der Waals surface area (Å²) in [6.45, 7) is -0.0211. The Bertz CT molecular complexity index is 624. The number of nitrogens with two attached hydrogens (primary N) is 1. The summed E-state index contributed by atoms with van der Waals surface area (Å²) in [4.78, 5) is 22.7. The second kappa shape index (κ2) is 5.66. The van der Waals surface area contributed by atoms with Crippen LogP contribution in [0.1, 0.15) is 10.4 Å². The Morgan fingerprint density at radius 3 is 2.89 bits per heavy atom. The number of amides is 2. The number of nitrogens with zero attached hydrogens (tertiary/aromatic N) is 2. The fourth-order valence-corrected chi connectivity index (χ4v) is 1.91. The van der Waals surface area contributed by atoms with Crippen molar-refractivity contribution < 1.29 is 9.59 Å². The van der Waals surface area contributed by atoms with Crippen LogP contribution in [0.4, 0.5) is 5.69 Å². The highest BCUT2D eigenvalue weighted by Crippen LogP contribution is 2.13. The third kappa shape index (κ3) is 3.65. The molecular formula is C12H11BrN4O2. The summed E-state index contributed by atoms with van der Waals surface area (Å²) in [6, 6.07) is 7.02. The lowest BCUT2D eigenvalue weighted by Crippen LogP contribution is -2.18. The zero-order chi connectivity index (χ0) is 13.8. The van der Waals surface area contributed by atoms with Gasteiger partial charge in [0.1, 0.15) is 6.54 Å². The molecule has 0 aliphatic carbocycles. The van der Waals surface area contributed by atoms with E-state index in [1.165, 1.54) is 10.9 Å². The molecule has 2 rings (SSSR count). The number of nitrogens with one attached hydrogen (secondary N) is 1. The van der Waals surface area contributed by atoms with Crippen molar-refractivity contribution in [2.45, 2.75) is 6.54 Å². The normalized spacial score (nSPS) is 10.2. The Balaban J connectivity index is 2.06. The molecule has 1 aromatic carbocycles. The van der Waals surface area contributed by atoms with Gasteiger partial charge >= 0.3 is 0 Å². The van der Waals surface area contributed by atoms with Crippen molar-refractivity contribution in [3.05, 3.63) is 46.7 Å². The monoisotopic (exact) mass is 322 g/mol. The van der Waals surface area contributed by atoms with Gasteiger partial charge in [-0.1, -0.05) is 22.0 Å². The van der Waals surface area contributed by atoms with E-state index in [9.17, 15) is 9.59 Å². The summed E-state index contributed by atoms with van der Waals surface area (Å²) in [6.07, 6.45) is 3.00. The lowest BCUT2D eigenvalue weighted by atomic mass is 10.2. The van der Waals surface area contributed by atoms with E-state index in [0.717, 1.165) is 4.47 Å². The van der Waals surface area contributed by atoms with Crippen LogP contribution in [-0.4, -0.2) is 21.6 Å². The van der Waals surface area contributed by atoms with Gasteiger partial charge in [0.15, 0.2) is 0 Å². The predicted octanol–water partition coefficient (Wildman–Crippen LogP) is 1.38. The highest BCUT2D eigenvalue weighted by atomic mass is 79.9. The number of anilines is 1. The molecule has 1 aromatic heterocycles. The van der Waals surface area contributed by atoms with Crippen molar-refractivity contribution in [3.63, 3.8) is 0 Å². The summed E-state index contributed by atoms with van der Waals surface area (Å²) in [5.41, 5.74) is 6.08. The summed E-state index contributed by atoms with van der Waals surface area (Å²) in [7, 11) is 0. The molecule has 98 valence electrons. The number of carbonyl (C=O) groups excluding carboxylic acids is 2. The lowest BCUT2D eigenvalue weighted by molar-refractivity contribution is -0.118. The molecule has 2 amide bonds. The van der Waals surface area contributed by atoms with Crippen molar-refractivity contribution in [1.29, 1.82) is 0 Å². The number of hydrogen-bond acceptors (Lipinski definition) is 3. The maximum atomic E-state index is 11.9. The Morgan fingerprint density at radius 2 is 2.21 bits per heavy atom. The van der Waals surface area contributed by atoms with Gasteiger partial charge in [-0.25, -0.2) is 0 Å². The largest absolute Gasteiger partial charge is 0.368 e. The first-order chi connectivity index (χ1) is 9.04. The second-order valence-electron chi connectivity index (χ2n) is 3.86. The SMILES string of the molecule is NC(=O)Cn1cc(NC(=O)c2cccc(Br)c2)cn1. The van der Waals surface area contributed by atoms with Crippen LogP contribution in [0.2, 0.25) is 0 Å². The predicted molar refractivity (Wildman–Crippen MR) is 73.5 cm³/mol. The minimum atomic E-state index is -0.493. The molecule has 3 N–H and O–H groups in total. The first kappa shape index (κ1) is 13.3. The van der Waals surface area contributed by atoms with Crippen molar-refractivity contribution in [3.8, 4) is 0 Å². The van der Waals surface area contributed by atoms with Gasteiger partial charge in [-0.05, 0) is 18.2 Å². The van der Waals surface area contributed by atoms with E-state index < -0.39 is 5.91 Å². The lowest BCUT2D eigenvalue weighted by Gasteiger charge is -2.02. The van der Waals surface area contributed by atoms with Crippen LogP contribution in [-0.2, 0) is 11.3 Å². The van der Waals surface area contributed by atoms with E-state index >= 15 is 0 Å². The van der Waals surface area contributed by atoms with Gasteiger partial charge in [-0.2, -0.15) is 5.10 Å². The fourth-order valence-electron chi connectivity index (χ4n) is 1.51. The Morgan fingerprint density at radius 1 is 1.42 bits per heavy atom. The standard InChI is InChI=1S/C12H11BrN4O2/c13-9-3-1-2-8(4-9)12(19)16-10-5-15-17(6-10)7-11(14)18/h1-6H,7H2,(H2,14,18)(H,16,19). The zero-order valence-electron chi connectivity index (χ0n) is 9.84. The van der Waals surface area contributed by atoms with Crippen molar-refractivity contribution in [2.24, 2.45) is 5.73 Å². The summed E-state index contributed by atoms with van der Waals surface area (Å²) in [5.74, 6) is -0.743. The van der Waals surface area contributed by atoms with Crippen LogP contribution in [0.3, 0.4) is 0 Å². The van der Waals surface area contributed by atoms with Crippen LogP contribution in [0, 0.1) is 0 Å². The number of hydrogen-bond donors (Lipinski definition) is 2. The van der Waals surface area contributed by atoms with E-state index in [-0.39, 0.29) is 12.5 Å². The van der Waals surface area contributed by atoms with Gasteiger partial charge in [-0.15, -0.1) is 0 Å². The van der Waals surface area contributed by atoms with Gasteiger partial charge < -0.3 is 11.1 Å². The summed E-state index contributed by atoms with van der Waals surface area (Å²) >= 11 is 3.30. The molecule has 0 saturated carbocycles. The fraction of sp³-hybridized carbons (Fsp3) is 0.0833. The number of carbonyl (C=O) groups is 2.